The normalized spacial score (nSPS) is 28.2. The molecule has 3 atom stereocenters. The highest BCUT2D eigenvalue weighted by molar-refractivity contribution is 5.80. The number of hydrogen-bond donors (Lipinski definition) is 2. The Hall–Kier alpha value is -0.690. The van der Waals surface area contributed by atoms with Crippen LogP contribution in [0.15, 0.2) is 0 Å². The van der Waals surface area contributed by atoms with Gasteiger partial charge in [0.2, 0.25) is 5.91 Å². The first-order valence-corrected chi connectivity index (χ1v) is 5.36. The molecule has 1 heterocycles. The summed E-state index contributed by atoms with van der Waals surface area (Å²) in [7, 11) is 5.07. The highest BCUT2D eigenvalue weighted by atomic mass is 16.5. The summed E-state index contributed by atoms with van der Waals surface area (Å²) in [6.07, 6.45) is 0.130. The monoisotopic (exact) mass is 231 g/mol. The average Bonchev–Trinajstić information content (AvgIpc) is 2.67. The molecule has 16 heavy (non-hydrogen) atoms. The minimum atomic E-state index is -0.336. The first kappa shape index (κ1) is 13.4. The van der Waals surface area contributed by atoms with E-state index in [1.807, 2.05) is 0 Å². The number of amides is 1. The highest BCUT2D eigenvalue weighted by Crippen LogP contribution is 2.15. The van der Waals surface area contributed by atoms with Gasteiger partial charge in [-0.15, -0.1) is 0 Å². The molecule has 0 aromatic heterocycles. The van der Waals surface area contributed by atoms with Crippen molar-refractivity contribution in [2.45, 2.75) is 18.2 Å². The van der Waals surface area contributed by atoms with Gasteiger partial charge in [-0.25, -0.2) is 0 Å². The molecule has 0 bridgehead atoms. The lowest BCUT2D eigenvalue weighted by Gasteiger charge is -2.20. The van der Waals surface area contributed by atoms with Gasteiger partial charge >= 0.3 is 0 Å². The zero-order chi connectivity index (χ0) is 12.1. The smallest absolute Gasteiger partial charge is 0.235 e. The molecule has 1 fully saturated rings. The van der Waals surface area contributed by atoms with E-state index in [0.717, 1.165) is 13.1 Å². The van der Waals surface area contributed by atoms with Crippen LogP contribution in [0.25, 0.3) is 0 Å². The van der Waals surface area contributed by atoms with Crippen LogP contribution in [0.2, 0.25) is 0 Å². The average molecular weight is 231 g/mol. The third kappa shape index (κ3) is 3.15. The number of likely N-dealkylation sites (tertiary alicyclic amines) is 1. The summed E-state index contributed by atoms with van der Waals surface area (Å²) < 4.78 is 10.6. The van der Waals surface area contributed by atoms with Crippen LogP contribution in [0, 0.1) is 0 Å². The van der Waals surface area contributed by atoms with Crippen molar-refractivity contribution in [1.82, 2.24) is 10.2 Å². The third-order valence-corrected chi connectivity index (χ3v) is 3.03. The van der Waals surface area contributed by atoms with Crippen molar-refractivity contribution >= 4 is 5.91 Å². The fourth-order valence-electron chi connectivity index (χ4n) is 2.00. The molecule has 0 aliphatic carbocycles. The molecule has 1 aliphatic rings. The molecule has 3 N–H and O–H groups in total. The molecule has 0 spiro atoms. The predicted molar refractivity (Wildman–Crippen MR) is 60.1 cm³/mol. The lowest BCUT2D eigenvalue weighted by atomic mass is 10.2. The number of nitrogens with two attached hydrogens (primary N) is 1. The van der Waals surface area contributed by atoms with Gasteiger partial charge < -0.3 is 20.5 Å². The number of ether oxygens (including phenoxy) is 2. The quantitative estimate of drug-likeness (QED) is 0.576. The van der Waals surface area contributed by atoms with Crippen LogP contribution in [-0.2, 0) is 14.3 Å². The molecule has 6 nitrogen and oxygen atoms in total. The van der Waals surface area contributed by atoms with Crippen LogP contribution in [0.4, 0.5) is 0 Å². The van der Waals surface area contributed by atoms with Gasteiger partial charge in [-0.3, -0.25) is 9.69 Å². The number of likely N-dealkylation sites (N-methyl/N-ethyl adjacent to an activating group) is 1. The molecule has 0 aromatic carbocycles. The Morgan fingerprint density at radius 3 is 2.25 bits per heavy atom. The van der Waals surface area contributed by atoms with Crippen LogP contribution < -0.4 is 11.1 Å². The number of carbonyl (C=O) groups is 1. The SMILES string of the molecule is CNC(CN1CC(OC)C(OC)C1)C(N)=O. The van der Waals surface area contributed by atoms with E-state index in [-0.39, 0.29) is 24.2 Å². The summed E-state index contributed by atoms with van der Waals surface area (Å²) >= 11 is 0. The van der Waals surface area contributed by atoms with Crippen molar-refractivity contribution in [2.24, 2.45) is 5.73 Å². The van der Waals surface area contributed by atoms with Crippen molar-refractivity contribution < 1.29 is 14.3 Å². The second-order valence-electron chi connectivity index (χ2n) is 4.01. The Kier molecular flexibility index (Phi) is 5.14. The molecule has 3 unspecified atom stereocenters. The third-order valence-electron chi connectivity index (χ3n) is 3.03. The van der Waals surface area contributed by atoms with Crippen LogP contribution in [0.3, 0.4) is 0 Å². The second kappa shape index (κ2) is 6.15. The number of nitrogens with zero attached hydrogens (tertiary/aromatic N) is 1. The largest absolute Gasteiger partial charge is 0.377 e. The number of hydrogen-bond acceptors (Lipinski definition) is 5. The Morgan fingerprint density at radius 2 is 1.94 bits per heavy atom. The van der Waals surface area contributed by atoms with E-state index in [9.17, 15) is 4.79 Å². The van der Waals surface area contributed by atoms with E-state index in [0.29, 0.717) is 6.54 Å². The maximum absolute atomic E-state index is 11.1. The fourth-order valence-corrected chi connectivity index (χ4v) is 2.00. The number of rotatable bonds is 6. The summed E-state index contributed by atoms with van der Waals surface area (Å²) in [5.41, 5.74) is 5.27. The molecule has 0 radical (unpaired) electrons. The van der Waals surface area contributed by atoms with Gasteiger partial charge in [-0.1, -0.05) is 0 Å². The molecular formula is C10H21N3O3. The number of primary amides is 1. The Bertz CT molecular complexity index is 225. The zero-order valence-corrected chi connectivity index (χ0v) is 10.1. The maximum Gasteiger partial charge on any atom is 0.235 e. The zero-order valence-electron chi connectivity index (χ0n) is 10.1. The summed E-state index contributed by atoms with van der Waals surface area (Å²) in [5, 5.41) is 2.90. The summed E-state index contributed by atoms with van der Waals surface area (Å²) in [4.78, 5) is 13.2. The summed E-state index contributed by atoms with van der Waals surface area (Å²) in [5.74, 6) is -0.336. The topological polar surface area (TPSA) is 76.8 Å². The van der Waals surface area contributed by atoms with Gasteiger partial charge in [-0.05, 0) is 7.05 Å². The first-order valence-electron chi connectivity index (χ1n) is 5.36. The predicted octanol–water partition coefficient (Wildman–Crippen LogP) is -1.59. The standard InChI is InChI=1S/C10H21N3O3/c1-12-7(10(11)14)4-13-5-8(15-2)9(6-13)16-3/h7-9,12H,4-6H2,1-3H3,(H2,11,14). The van der Waals surface area contributed by atoms with Gasteiger partial charge in [0.05, 0.1) is 18.2 Å². The Labute approximate surface area is 96.1 Å². The maximum atomic E-state index is 11.1. The van der Waals surface area contributed by atoms with Crippen LogP contribution in [0.5, 0.6) is 0 Å². The Balaban J connectivity index is 2.48. The van der Waals surface area contributed by atoms with E-state index in [2.05, 4.69) is 10.2 Å². The number of carbonyl (C=O) groups excluding carboxylic acids is 1. The second-order valence-corrected chi connectivity index (χ2v) is 4.01. The highest BCUT2D eigenvalue weighted by Gasteiger charge is 2.34. The molecule has 6 heteroatoms. The minimum absolute atomic E-state index is 0.0652. The molecular weight excluding hydrogens is 210 g/mol. The van der Waals surface area contributed by atoms with Gasteiger partial charge in [0, 0.05) is 33.9 Å². The molecule has 0 saturated carbocycles. The van der Waals surface area contributed by atoms with Gasteiger partial charge in [0.15, 0.2) is 0 Å². The van der Waals surface area contributed by atoms with Crippen molar-refractivity contribution in [2.75, 3.05) is 40.9 Å². The molecule has 1 rings (SSSR count). The van der Waals surface area contributed by atoms with Crippen molar-refractivity contribution in [1.29, 1.82) is 0 Å². The van der Waals surface area contributed by atoms with Crippen molar-refractivity contribution in [3.8, 4) is 0 Å². The van der Waals surface area contributed by atoms with E-state index < -0.39 is 0 Å². The summed E-state index contributed by atoms with van der Waals surface area (Å²) in [6.45, 7) is 2.12. The van der Waals surface area contributed by atoms with E-state index in [1.165, 1.54) is 0 Å². The van der Waals surface area contributed by atoms with Gasteiger partial charge in [0.1, 0.15) is 0 Å². The van der Waals surface area contributed by atoms with E-state index in [4.69, 9.17) is 15.2 Å². The van der Waals surface area contributed by atoms with Gasteiger partial charge in [0.25, 0.3) is 0 Å². The minimum Gasteiger partial charge on any atom is -0.377 e. The molecule has 94 valence electrons. The van der Waals surface area contributed by atoms with E-state index in [1.54, 1.807) is 21.3 Å². The molecule has 1 aliphatic heterocycles. The van der Waals surface area contributed by atoms with Crippen molar-refractivity contribution in [3.63, 3.8) is 0 Å². The fraction of sp³-hybridized carbons (Fsp3) is 0.900. The van der Waals surface area contributed by atoms with Crippen LogP contribution in [-0.4, -0.2) is 70.0 Å². The number of nitrogens with one attached hydrogen (secondary N) is 1. The lowest BCUT2D eigenvalue weighted by molar-refractivity contribution is -0.120. The first-order chi connectivity index (χ1) is 7.62. The van der Waals surface area contributed by atoms with Crippen LogP contribution >= 0.6 is 0 Å². The molecule has 0 aromatic rings. The number of methoxy groups -OCH3 is 2. The Morgan fingerprint density at radius 1 is 1.44 bits per heavy atom. The molecule has 1 amide bonds. The molecule has 1 saturated heterocycles. The van der Waals surface area contributed by atoms with E-state index >= 15 is 0 Å². The lowest BCUT2D eigenvalue weighted by Crippen LogP contribution is -2.47. The van der Waals surface area contributed by atoms with Crippen molar-refractivity contribution in [3.05, 3.63) is 0 Å². The van der Waals surface area contributed by atoms with Crippen LogP contribution in [0.1, 0.15) is 0 Å². The van der Waals surface area contributed by atoms with Gasteiger partial charge in [-0.2, -0.15) is 0 Å². The summed E-state index contributed by atoms with van der Waals surface area (Å²) in [6, 6.07) is -0.326.